The molecule has 3 aliphatic rings. The first kappa shape index (κ1) is 25.9. The molecule has 6 unspecified atom stereocenters. The number of nitrogens with two attached hydrogens (primary N) is 1. The van der Waals surface area contributed by atoms with Crippen LogP contribution in [0.4, 0.5) is 4.79 Å². The van der Waals surface area contributed by atoms with Gasteiger partial charge in [-0.2, -0.15) is 0 Å². The summed E-state index contributed by atoms with van der Waals surface area (Å²) < 4.78 is 11.0. The molecule has 9 heteroatoms. The van der Waals surface area contributed by atoms with Crippen LogP contribution in [0.2, 0.25) is 25.7 Å². The molecule has 1 amide bonds. The zero-order chi connectivity index (χ0) is 23.1. The number of nitrogens with zero attached hydrogens (tertiary/aromatic N) is 1. The first-order valence-corrected chi connectivity index (χ1v) is 16.4. The van der Waals surface area contributed by atoms with Crippen molar-refractivity contribution in [1.29, 1.82) is 0 Å². The number of methoxy groups -OCH3 is 1. The molecule has 0 radical (unpaired) electrons. The molecule has 186 valence electrons. The van der Waals surface area contributed by atoms with Crippen LogP contribution in [0.3, 0.4) is 0 Å². The van der Waals surface area contributed by atoms with Crippen LogP contribution in [-0.4, -0.2) is 82.9 Å². The average Bonchev–Trinajstić information content (AvgIpc) is 3.16. The molecule has 0 aromatic carbocycles. The number of amides is 1. The van der Waals surface area contributed by atoms with Crippen LogP contribution in [0.25, 0.3) is 0 Å². The van der Waals surface area contributed by atoms with Gasteiger partial charge in [0.25, 0.3) is 0 Å². The lowest BCUT2D eigenvalue weighted by Gasteiger charge is -2.40. The van der Waals surface area contributed by atoms with Crippen molar-refractivity contribution < 1.29 is 14.3 Å². The molecule has 0 aromatic rings. The maximum Gasteiger partial charge on any atom is 0.407 e. The van der Waals surface area contributed by atoms with E-state index in [0.717, 1.165) is 51.8 Å². The SMILES string of the molecule is COC(=O)NC1CCC2C(C1)NCCCCCC(N)C1NC2CN1COCC[Si](C)(C)C. The van der Waals surface area contributed by atoms with Crippen molar-refractivity contribution in [3.05, 3.63) is 0 Å². The van der Waals surface area contributed by atoms with Gasteiger partial charge in [0.05, 0.1) is 13.3 Å². The van der Waals surface area contributed by atoms with Crippen molar-refractivity contribution >= 4 is 14.2 Å². The highest BCUT2D eigenvalue weighted by Gasteiger charge is 2.43. The topological polar surface area (TPSA) is 101 Å². The molecule has 1 saturated carbocycles. The zero-order valence-corrected chi connectivity index (χ0v) is 21.7. The van der Waals surface area contributed by atoms with E-state index in [-0.39, 0.29) is 24.3 Å². The third-order valence-corrected chi connectivity index (χ3v) is 9.12. The van der Waals surface area contributed by atoms with E-state index >= 15 is 0 Å². The molecule has 2 aliphatic heterocycles. The van der Waals surface area contributed by atoms with E-state index in [4.69, 9.17) is 15.2 Å². The van der Waals surface area contributed by atoms with E-state index in [1.807, 2.05) is 0 Å². The minimum atomic E-state index is -1.09. The number of rotatable bonds is 6. The van der Waals surface area contributed by atoms with Crippen LogP contribution in [-0.2, 0) is 9.47 Å². The highest BCUT2D eigenvalue weighted by atomic mass is 28.3. The van der Waals surface area contributed by atoms with Crippen molar-refractivity contribution in [3.63, 3.8) is 0 Å². The predicted octanol–water partition coefficient (Wildman–Crippen LogP) is 2.28. The van der Waals surface area contributed by atoms with E-state index in [0.29, 0.717) is 24.7 Å². The van der Waals surface area contributed by atoms with Gasteiger partial charge in [-0.15, -0.1) is 0 Å². The molecule has 1 aliphatic carbocycles. The summed E-state index contributed by atoms with van der Waals surface area (Å²) in [4.78, 5) is 14.2. The second-order valence-corrected chi connectivity index (χ2v) is 16.8. The summed E-state index contributed by atoms with van der Waals surface area (Å²) in [5, 5.41) is 10.8. The molecule has 3 fully saturated rings. The van der Waals surface area contributed by atoms with Gasteiger partial charge < -0.3 is 25.8 Å². The number of hydrogen-bond acceptors (Lipinski definition) is 7. The number of nitrogens with one attached hydrogen (secondary N) is 3. The van der Waals surface area contributed by atoms with Gasteiger partial charge in [0, 0.05) is 45.4 Å². The number of hydrogen-bond donors (Lipinski definition) is 4. The normalized spacial score (nSPS) is 34.8. The lowest BCUT2D eigenvalue weighted by Crippen LogP contribution is -2.55. The Morgan fingerprint density at radius 1 is 1.16 bits per heavy atom. The van der Waals surface area contributed by atoms with Gasteiger partial charge >= 0.3 is 6.09 Å². The number of carbonyl (C=O) groups excluding carboxylic acids is 1. The molecule has 2 saturated heterocycles. The summed E-state index contributed by atoms with van der Waals surface area (Å²) in [6.45, 7) is 10.7. The molecule has 0 aromatic heterocycles. The Balaban J connectivity index is 1.65. The van der Waals surface area contributed by atoms with Gasteiger partial charge in [-0.05, 0) is 50.6 Å². The highest BCUT2D eigenvalue weighted by molar-refractivity contribution is 6.76. The molecule has 2 bridgehead atoms. The van der Waals surface area contributed by atoms with Crippen LogP contribution >= 0.6 is 0 Å². The molecule has 2 heterocycles. The van der Waals surface area contributed by atoms with E-state index in [9.17, 15) is 4.79 Å². The lowest BCUT2D eigenvalue weighted by atomic mass is 9.77. The third-order valence-electron chi connectivity index (χ3n) is 7.42. The van der Waals surface area contributed by atoms with Gasteiger partial charge in [-0.1, -0.05) is 32.5 Å². The van der Waals surface area contributed by atoms with E-state index in [2.05, 4.69) is 40.5 Å². The molecular weight excluding hydrogens is 422 g/mol. The Morgan fingerprint density at radius 3 is 2.72 bits per heavy atom. The summed E-state index contributed by atoms with van der Waals surface area (Å²) in [5.74, 6) is 0.520. The Hall–Kier alpha value is -0.713. The van der Waals surface area contributed by atoms with Crippen molar-refractivity contribution in [2.45, 2.75) is 101 Å². The van der Waals surface area contributed by atoms with Gasteiger partial charge in [0.2, 0.25) is 0 Å². The third kappa shape index (κ3) is 7.67. The van der Waals surface area contributed by atoms with Gasteiger partial charge in [-0.25, -0.2) is 4.79 Å². The Bertz CT molecular complexity index is 590. The van der Waals surface area contributed by atoms with Crippen molar-refractivity contribution in [3.8, 4) is 0 Å². The van der Waals surface area contributed by atoms with Crippen LogP contribution in [0.15, 0.2) is 0 Å². The van der Waals surface area contributed by atoms with E-state index in [1.165, 1.54) is 26.0 Å². The minimum Gasteiger partial charge on any atom is -0.453 e. The second-order valence-electron chi connectivity index (χ2n) is 11.2. The number of fused-ring (bicyclic) bond motifs is 4. The quantitative estimate of drug-likeness (QED) is 0.350. The first-order chi connectivity index (χ1) is 15.3. The maximum absolute atomic E-state index is 11.7. The molecule has 8 nitrogen and oxygen atoms in total. The largest absolute Gasteiger partial charge is 0.453 e. The molecule has 32 heavy (non-hydrogen) atoms. The van der Waals surface area contributed by atoms with Crippen LogP contribution < -0.4 is 21.7 Å². The first-order valence-electron chi connectivity index (χ1n) is 12.7. The van der Waals surface area contributed by atoms with Gasteiger partial charge in [0.15, 0.2) is 0 Å². The molecule has 5 N–H and O–H groups in total. The molecule has 3 rings (SSSR count). The zero-order valence-electron chi connectivity index (χ0n) is 20.7. The van der Waals surface area contributed by atoms with Crippen molar-refractivity contribution in [1.82, 2.24) is 20.9 Å². The van der Waals surface area contributed by atoms with E-state index < -0.39 is 8.07 Å². The molecule has 6 atom stereocenters. The fraction of sp³-hybridized carbons (Fsp3) is 0.957. The van der Waals surface area contributed by atoms with Crippen molar-refractivity contribution in [2.75, 3.05) is 33.5 Å². The average molecular weight is 470 g/mol. The van der Waals surface area contributed by atoms with Gasteiger partial charge in [0.1, 0.15) is 6.73 Å². The Kier molecular flexibility index (Phi) is 9.81. The monoisotopic (exact) mass is 469 g/mol. The predicted molar refractivity (Wildman–Crippen MR) is 131 cm³/mol. The fourth-order valence-electron chi connectivity index (χ4n) is 5.48. The second kappa shape index (κ2) is 12.1. The number of carbonyl (C=O) groups is 1. The standard InChI is InChI=1S/C23H47N5O3Si/c1-30-23(29)26-17-9-10-18-20(14-17)25-11-7-5-6-8-19(24)22-27-21(18)15-28(22)16-31-12-13-32(2,3)4/h17-22,25,27H,5-16,24H2,1-4H3,(H,26,29). The Morgan fingerprint density at radius 2 is 1.97 bits per heavy atom. The number of ether oxygens (including phenoxy) is 2. The summed E-state index contributed by atoms with van der Waals surface area (Å²) in [7, 11) is 0.342. The summed E-state index contributed by atoms with van der Waals surface area (Å²) >= 11 is 0. The van der Waals surface area contributed by atoms with E-state index in [1.54, 1.807) is 0 Å². The lowest BCUT2D eigenvalue weighted by molar-refractivity contribution is 0.0179. The van der Waals surface area contributed by atoms with Crippen molar-refractivity contribution in [2.24, 2.45) is 11.7 Å². The van der Waals surface area contributed by atoms with Crippen LogP contribution in [0.5, 0.6) is 0 Å². The smallest absolute Gasteiger partial charge is 0.407 e. The molecular formula is C23H47N5O3Si. The maximum atomic E-state index is 11.7. The van der Waals surface area contributed by atoms with Crippen LogP contribution in [0.1, 0.15) is 44.9 Å². The van der Waals surface area contributed by atoms with Crippen LogP contribution in [0, 0.1) is 5.92 Å². The molecule has 0 spiro atoms. The van der Waals surface area contributed by atoms with Gasteiger partial charge in [-0.3, -0.25) is 10.2 Å². The number of alkyl carbamates (subject to hydrolysis) is 1. The summed E-state index contributed by atoms with van der Waals surface area (Å²) in [6.07, 6.45) is 7.46. The summed E-state index contributed by atoms with van der Waals surface area (Å²) in [5.41, 5.74) is 6.69. The highest BCUT2D eigenvalue weighted by Crippen LogP contribution is 2.32. The summed E-state index contributed by atoms with van der Waals surface area (Å²) in [6, 6.07) is 2.26. The minimum absolute atomic E-state index is 0.128. The Labute approximate surface area is 195 Å². The fourth-order valence-corrected chi connectivity index (χ4v) is 6.24.